The van der Waals surface area contributed by atoms with Crippen LogP contribution in [0.3, 0.4) is 0 Å². The predicted molar refractivity (Wildman–Crippen MR) is 106 cm³/mol. The second kappa shape index (κ2) is 6.86. The zero-order valence-electron chi connectivity index (χ0n) is 15.3. The van der Waals surface area contributed by atoms with Crippen LogP contribution in [0.1, 0.15) is 35.3 Å². The lowest BCUT2D eigenvalue weighted by atomic mass is 9.93. The number of hydrogen-bond acceptors (Lipinski definition) is 3. The number of aryl methyl sites for hydroxylation is 1. The first-order valence-electron chi connectivity index (χ1n) is 8.97. The fraction of sp³-hybridized carbons (Fsp3) is 0.333. The lowest BCUT2D eigenvalue weighted by molar-refractivity contribution is 0.340. The van der Waals surface area contributed by atoms with Crippen LogP contribution in [0.5, 0.6) is 11.5 Å². The highest BCUT2D eigenvalue weighted by Gasteiger charge is 2.28. The minimum atomic E-state index is 0.0223. The Bertz CT molecular complexity index is 964. The van der Waals surface area contributed by atoms with Crippen LogP contribution < -0.4 is 14.8 Å². The molecule has 1 unspecified atom stereocenters. The summed E-state index contributed by atoms with van der Waals surface area (Å²) in [4.78, 5) is 3.61. The Kier molecular flexibility index (Phi) is 4.55. The van der Waals surface area contributed by atoms with E-state index in [2.05, 4.69) is 35.4 Å². The van der Waals surface area contributed by atoms with E-state index in [1.807, 2.05) is 19.1 Å². The van der Waals surface area contributed by atoms with Gasteiger partial charge in [0.2, 0.25) is 0 Å². The van der Waals surface area contributed by atoms with Crippen LogP contribution in [-0.2, 0) is 6.42 Å². The summed E-state index contributed by atoms with van der Waals surface area (Å²) in [6, 6.07) is 10.4. The monoisotopic (exact) mass is 370 g/mol. The standard InChI is InChI=1S/C21H23ClN2O2/c1-4-26-13-5-6-18-15(11-13)14-7-8-23-19(20(14)24-18)16-9-12(2)10-17(22)21(16)25-3/h5-6,9-11,19,23-24H,4,7-8H2,1-3H3. The Morgan fingerprint density at radius 3 is 2.85 bits per heavy atom. The summed E-state index contributed by atoms with van der Waals surface area (Å²) < 4.78 is 11.3. The molecule has 0 saturated carbocycles. The molecule has 0 aliphatic carbocycles. The fourth-order valence-corrected chi connectivity index (χ4v) is 4.27. The van der Waals surface area contributed by atoms with Gasteiger partial charge < -0.3 is 19.8 Å². The molecule has 1 atom stereocenters. The lowest BCUT2D eigenvalue weighted by Crippen LogP contribution is -2.30. The quantitative estimate of drug-likeness (QED) is 0.695. The zero-order valence-corrected chi connectivity index (χ0v) is 16.0. The van der Waals surface area contributed by atoms with Gasteiger partial charge in [0.15, 0.2) is 0 Å². The average molecular weight is 371 g/mol. The summed E-state index contributed by atoms with van der Waals surface area (Å²) in [5, 5.41) is 5.50. The van der Waals surface area contributed by atoms with Crippen LogP contribution in [0.15, 0.2) is 30.3 Å². The number of hydrogen-bond donors (Lipinski definition) is 2. The molecule has 5 heteroatoms. The molecule has 2 N–H and O–H groups in total. The third-order valence-corrected chi connectivity index (χ3v) is 5.25. The van der Waals surface area contributed by atoms with Crippen LogP contribution in [-0.4, -0.2) is 25.2 Å². The minimum Gasteiger partial charge on any atom is -0.495 e. The lowest BCUT2D eigenvalue weighted by Gasteiger charge is -2.27. The van der Waals surface area contributed by atoms with Gasteiger partial charge in [-0.1, -0.05) is 17.7 Å². The maximum atomic E-state index is 6.44. The van der Waals surface area contributed by atoms with E-state index in [1.165, 1.54) is 16.6 Å². The van der Waals surface area contributed by atoms with Gasteiger partial charge in [0, 0.05) is 28.7 Å². The summed E-state index contributed by atoms with van der Waals surface area (Å²) in [6.07, 6.45) is 0.975. The molecule has 2 heterocycles. The molecule has 0 spiro atoms. The molecule has 26 heavy (non-hydrogen) atoms. The van der Waals surface area contributed by atoms with Gasteiger partial charge in [0.25, 0.3) is 0 Å². The normalized spacial score (nSPS) is 16.5. The van der Waals surface area contributed by atoms with E-state index in [4.69, 9.17) is 21.1 Å². The number of H-pyrrole nitrogens is 1. The van der Waals surface area contributed by atoms with Gasteiger partial charge in [0.1, 0.15) is 11.5 Å². The maximum absolute atomic E-state index is 6.44. The number of benzene rings is 2. The van der Waals surface area contributed by atoms with Gasteiger partial charge in [0.05, 0.1) is 24.8 Å². The van der Waals surface area contributed by atoms with E-state index in [-0.39, 0.29) is 6.04 Å². The van der Waals surface area contributed by atoms with Crippen LogP contribution in [0.2, 0.25) is 5.02 Å². The van der Waals surface area contributed by atoms with E-state index in [0.717, 1.165) is 41.1 Å². The van der Waals surface area contributed by atoms with Gasteiger partial charge >= 0.3 is 0 Å². The molecule has 1 aliphatic heterocycles. The highest BCUT2D eigenvalue weighted by atomic mass is 35.5. The molecule has 0 saturated heterocycles. The summed E-state index contributed by atoms with van der Waals surface area (Å²) in [7, 11) is 1.67. The van der Waals surface area contributed by atoms with Gasteiger partial charge in [-0.05, 0) is 55.7 Å². The maximum Gasteiger partial charge on any atom is 0.142 e. The third-order valence-electron chi connectivity index (χ3n) is 4.97. The molecule has 4 nitrogen and oxygen atoms in total. The van der Waals surface area contributed by atoms with Gasteiger partial charge in [-0.2, -0.15) is 0 Å². The second-order valence-corrected chi connectivity index (χ2v) is 7.07. The first-order chi connectivity index (χ1) is 12.6. The number of fused-ring (bicyclic) bond motifs is 3. The van der Waals surface area contributed by atoms with E-state index in [9.17, 15) is 0 Å². The van der Waals surface area contributed by atoms with Crippen molar-refractivity contribution < 1.29 is 9.47 Å². The Balaban J connectivity index is 1.87. The number of methoxy groups -OCH3 is 1. The molecule has 1 aliphatic rings. The van der Waals surface area contributed by atoms with Crippen molar-refractivity contribution in [2.75, 3.05) is 20.3 Å². The number of ether oxygens (including phenoxy) is 2. The van der Waals surface area contributed by atoms with Gasteiger partial charge in [-0.3, -0.25) is 0 Å². The molecule has 3 aromatic rings. The van der Waals surface area contributed by atoms with Crippen molar-refractivity contribution in [2.45, 2.75) is 26.3 Å². The van der Waals surface area contributed by atoms with Crippen molar-refractivity contribution in [1.82, 2.24) is 10.3 Å². The van der Waals surface area contributed by atoms with E-state index in [1.54, 1.807) is 7.11 Å². The topological polar surface area (TPSA) is 46.3 Å². The summed E-state index contributed by atoms with van der Waals surface area (Å²) in [5.41, 5.74) is 5.83. The Morgan fingerprint density at radius 2 is 2.08 bits per heavy atom. The Hall–Kier alpha value is -2.17. The van der Waals surface area contributed by atoms with E-state index >= 15 is 0 Å². The number of aromatic nitrogens is 1. The molecule has 4 rings (SSSR count). The number of aromatic amines is 1. The molecular weight excluding hydrogens is 348 g/mol. The molecular formula is C21H23ClN2O2. The molecule has 0 radical (unpaired) electrons. The number of halogens is 1. The third kappa shape index (κ3) is 2.83. The highest BCUT2D eigenvalue weighted by Crippen LogP contribution is 2.40. The van der Waals surface area contributed by atoms with Crippen molar-refractivity contribution in [2.24, 2.45) is 0 Å². The number of nitrogens with one attached hydrogen (secondary N) is 2. The van der Waals surface area contributed by atoms with Crippen molar-refractivity contribution in [3.63, 3.8) is 0 Å². The van der Waals surface area contributed by atoms with Crippen molar-refractivity contribution >= 4 is 22.5 Å². The first kappa shape index (κ1) is 17.3. The Morgan fingerprint density at radius 1 is 1.23 bits per heavy atom. The zero-order chi connectivity index (χ0) is 18.3. The molecule has 1 aromatic heterocycles. The van der Waals surface area contributed by atoms with Crippen LogP contribution >= 0.6 is 11.6 Å². The Labute approximate surface area is 158 Å². The predicted octanol–water partition coefficient (Wildman–Crippen LogP) is 4.77. The summed E-state index contributed by atoms with van der Waals surface area (Å²) >= 11 is 6.44. The van der Waals surface area contributed by atoms with Crippen LogP contribution in [0.4, 0.5) is 0 Å². The minimum absolute atomic E-state index is 0.0223. The second-order valence-electron chi connectivity index (χ2n) is 6.66. The van der Waals surface area contributed by atoms with Gasteiger partial charge in [-0.25, -0.2) is 0 Å². The highest BCUT2D eigenvalue weighted by molar-refractivity contribution is 6.32. The van der Waals surface area contributed by atoms with Crippen molar-refractivity contribution in [1.29, 1.82) is 0 Å². The average Bonchev–Trinajstić information content (AvgIpc) is 2.99. The van der Waals surface area contributed by atoms with Crippen molar-refractivity contribution in [3.8, 4) is 11.5 Å². The molecule has 136 valence electrons. The van der Waals surface area contributed by atoms with Crippen LogP contribution in [0.25, 0.3) is 10.9 Å². The molecule has 0 bridgehead atoms. The van der Waals surface area contributed by atoms with Crippen LogP contribution in [0, 0.1) is 6.92 Å². The van der Waals surface area contributed by atoms with Gasteiger partial charge in [-0.15, -0.1) is 0 Å². The first-order valence-corrected chi connectivity index (χ1v) is 9.35. The number of rotatable bonds is 4. The summed E-state index contributed by atoms with van der Waals surface area (Å²) in [6.45, 7) is 5.63. The smallest absolute Gasteiger partial charge is 0.142 e. The van der Waals surface area contributed by atoms with E-state index < -0.39 is 0 Å². The molecule has 0 amide bonds. The fourth-order valence-electron chi connectivity index (χ4n) is 3.91. The largest absolute Gasteiger partial charge is 0.495 e. The SMILES string of the molecule is CCOc1ccc2[nH]c3c(c2c1)CCNC3c1cc(C)cc(Cl)c1OC. The van der Waals surface area contributed by atoms with Crippen molar-refractivity contribution in [3.05, 3.63) is 57.7 Å². The molecule has 2 aromatic carbocycles. The molecule has 0 fully saturated rings. The van der Waals surface area contributed by atoms with E-state index in [0.29, 0.717) is 11.6 Å². The summed E-state index contributed by atoms with van der Waals surface area (Å²) in [5.74, 6) is 1.64.